The highest BCUT2D eigenvalue weighted by Crippen LogP contribution is 2.11. The Kier molecular flexibility index (Phi) is 18.2. The van der Waals surface area contributed by atoms with E-state index in [4.69, 9.17) is 17.2 Å². The molecule has 10 N–H and O–H groups in total. The quantitative estimate of drug-likeness (QED) is 0.0790. The average Bonchev–Trinajstić information content (AvgIpc) is 3.11. The molecule has 0 aromatic heterocycles. The van der Waals surface area contributed by atoms with Gasteiger partial charge in [-0.3, -0.25) is 33.8 Å². The predicted octanol–water partition coefficient (Wildman–Crippen LogP) is -0.352. The lowest BCUT2D eigenvalue weighted by molar-refractivity contribution is -0.134. The first kappa shape index (κ1) is 42.0. The summed E-state index contributed by atoms with van der Waals surface area (Å²) < 4.78 is 0. The Morgan fingerprint density at radius 1 is 0.692 bits per heavy atom. The molecular weight excluding hydrogens is 662 g/mol. The van der Waals surface area contributed by atoms with Gasteiger partial charge in [-0.1, -0.05) is 74.5 Å². The summed E-state index contributed by atoms with van der Waals surface area (Å²) in [6.45, 7) is 8.52. The van der Waals surface area contributed by atoms with E-state index in [9.17, 15) is 24.0 Å². The number of amides is 5. The highest BCUT2D eigenvalue weighted by molar-refractivity contribution is 5.95. The number of hydrogen-bond donors (Lipinski definition) is 7. The molecule has 14 nitrogen and oxygen atoms in total. The Bertz CT molecular complexity index is 1400. The van der Waals surface area contributed by atoms with Crippen LogP contribution in [0.1, 0.15) is 50.7 Å². The van der Waals surface area contributed by atoms with E-state index in [0.29, 0.717) is 64.8 Å². The van der Waals surface area contributed by atoms with E-state index >= 15 is 0 Å². The summed E-state index contributed by atoms with van der Waals surface area (Å²) in [5.41, 5.74) is 19.0. The van der Waals surface area contributed by atoms with Gasteiger partial charge in [0.05, 0.1) is 12.6 Å². The number of primary amides is 1. The van der Waals surface area contributed by atoms with Crippen LogP contribution < -0.4 is 38.5 Å². The van der Waals surface area contributed by atoms with Gasteiger partial charge in [0.15, 0.2) is 0 Å². The summed E-state index contributed by atoms with van der Waals surface area (Å²) >= 11 is 0. The SMILES string of the molecule is CC(C)C[C@@H](NC(=O)[C@@H](Cc1ccccc1)NC(=O)[C@H](N)Cc1ccccc1)C(=O)N[C@H](CCCCN)C(=O)NCCN1CCN(CC(N)=O)CC1. The normalized spacial score (nSPS) is 15.9. The number of rotatable bonds is 22. The largest absolute Gasteiger partial charge is 0.369 e. The summed E-state index contributed by atoms with van der Waals surface area (Å²) in [6.07, 6.45) is 2.51. The molecule has 2 aromatic rings. The number of hydrogen-bond acceptors (Lipinski definition) is 9. The fraction of sp³-hybridized carbons (Fsp3) is 0.553. The van der Waals surface area contributed by atoms with Crippen LogP contribution in [0.25, 0.3) is 0 Å². The fourth-order valence-corrected chi connectivity index (χ4v) is 6.16. The van der Waals surface area contributed by atoms with Gasteiger partial charge in [0.25, 0.3) is 0 Å². The standard InChI is InChI=1S/C38H59N9O5/c1-27(2)23-32(37(51)43-31(15-9-10-16-39)36(50)42-17-18-46-19-21-47(22-20-46)26-34(41)48)45-38(52)33(25-29-13-7-4-8-14-29)44-35(49)30(40)24-28-11-5-3-6-12-28/h3-8,11-14,27,30-33H,9-10,15-26,39-40H2,1-2H3,(H2,41,48)(H,42,50)(H,43,51)(H,44,49)(H,45,52)/t30-,31-,32-,33-/m1/s1. The minimum Gasteiger partial charge on any atom is -0.369 e. The molecule has 0 saturated carbocycles. The molecule has 1 aliphatic rings. The Hall–Kier alpha value is -4.37. The number of carbonyl (C=O) groups is 5. The third-order valence-corrected chi connectivity index (χ3v) is 9.04. The number of unbranched alkanes of at least 4 members (excludes halogenated alkanes) is 1. The molecular formula is C38H59N9O5. The van der Waals surface area contributed by atoms with Crippen molar-refractivity contribution in [1.29, 1.82) is 0 Å². The van der Waals surface area contributed by atoms with Gasteiger partial charge in [0.1, 0.15) is 18.1 Å². The first-order valence-corrected chi connectivity index (χ1v) is 18.4. The number of nitrogens with one attached hydrogen (secondary N) is 4. The van der Waals surface area contributed by atoms with Crippen molar-refractivity contribution in [2.45, 2.75) is 76.5 Å². The zero-order valence-corrected chi connectivity index (χ0v) is 30.7. The van der Waals surface area contributed by atoms with E-state index in [0.717, 1.165) is 24.2 Å². The van der Waals surface area contributed by atoms with Gasteiger partial charge >= 0.3 is 0 Å². The molecule has 1 aliphatic heterocycles. The van der Waals surface area contributed by atoms with Crippen molar-refractivity contribution in [2.24, 2.45) is 23.1 Å². The third-order valence-electron chi connectivity index (χ3n) is 9.04. The van der Waals surface area contributed by atoms with Crippen molar-refractivity contribution in [3.05, 3.63) is 71.8 Å². The Labute approximate surface area is 308 Å². The van der Waals surface area contributed by atoms with Crippen molar-refractivity contribution in [1.82, 2.24) is 31.1 Å². The van der Waals surface area contributed by atoms with Gasteiger partial charge < -0.3 is 38.5 Å². The summed E-state index contributed by atoms with van der Waals surface area (Å²) in [6, 6.07) is 15.0. The molecule has 1 fully saturated rings. The molecule has 1 saturated heterocycles. The zero-order chi connectivity index (χ0) is 37.9. The maximum Gasteiger partial charge on any atom is 0.243 e. The van der Waals surface area contributed by atoms with Gasteiger partial charge in [-0.05, 0) is 55.7 Å². The molecule has 52 heavy (non-hydrogen) atoms. The number of nitrogens with two attached hydrogens (primary N) is 3. The van der Waals surface area contributed by atoms with Gasteiger partial charge in [-0.15, -0.1) is 0 Å². The molecule has 0 aliphatic carbocycles. The molecule has 5 amide bonds. The Balaban J connectivity index is 1.66. The minimum atomic E-state index is -1.000. The lowest BCUT2D eigenvalue weighted by Crippen LogP contribution is -2.58. The van der Waals surface area contributed by atoms with Crippen LogP contribution in [0.5, 0.6) is 0 Å². The van der Waals surface area contributed by atoms with E-state index in [1.54, 1.807) is 0 Å². The number of benzene rings is 2. The van der Waals surface area contributed by atoms with Gasteiger partial charge in [0.2, 0.25) is 29.5 Å². The van der Waals surface area contributed by atoms with E-state index in [1.807, 2.05) is 79.4 Å². The van der Waals surface area contributed by atoms with Gasteiger partial charge in [-0.25, -0.2) is 0 Å². The van der Waals surface area contributed by atoms with Crippen LogP contribution in [0.2, 0.25) is 0 Å². The first-order chi connectivity index (χ1) is 24.9. The summed E-state index contributed by atoms with van der Waals surface area (Å²) in [4.78, 5) is 69.8. The lowest BCUT2D eigenvalue weighted by atomic mass is 9.99. The van der Waals surface area contributed by atoms with Crippen LogP contribution >= 0.6 is 0 Å². The second-order valence-electron chi connectivity index (χ2n) is 14.0. The summed E-state index contributed by atoms with van der Waals surface area (Å²) in [5, 5.41) is 11.6. The number of nitrogens with zero attached hydrogens (tertiary/aromatic N) is 2. The van der Waals surface area contributed by atoms with Crippen molar-refractivity contribution < 1.29 is 24.0 Å². The molecule has 14 heteroatoms. The predicted molar refractivity (Wildman–Crippen MR) is 202 cm³/mol. The fourth-order valence-electron chi connectivity index (χ4n) is 6.16. The highest BCUT2D eigenvalue weighted by atomic mass is 16.2. The number of piperazine rings is 1. The smallest absolute Gasteiger partial charge is 0.243 e. The van der Waals surface area contributed by atoms with E-state index < -0.39 is 41.9 Å². The van der Waals surface area contributed by atoms with Crippen LogP contribution in [0, 0.1) is 5.92 Å². The second kappa shape index (κ2) is 22.5. The van der Waals surface area contributed by atoms with Crippen LogP contribution in [0.4, 0.5) is 0 Å². The molecule has 286 valence electrons. The highest BCUT2D eigenvalue weighted by Gasteiger charge is 2.31. The summed E-state index contributed by atoms with van der Waals surface area (Å²) in [5.74, 6) is -2.11. The summed E-state index contributed by atoms with van der Waals surface area (Å²) in [7, 11) is 0. The molecule has 2 aromatic carbocycles. The van der Waals surface area contributed by atoms with E-state index in [2.05, 4.69) is 26.2 Å². The first-order valence-electron chi connectivity index (χ1n) is 18.4. The van der Waals surface area contributed by atoms with Crippen molar-refractivity contribution in [3.63, 3.8) is 0 Å². The van der Waals surface area contributed by atoms with Crippen LogP contribution in [-0.2, 0) is 36.8 Å². The van der Waals surface area contributed by atoms with E-state index in [1.165, 1.54) is 0 Å². The maximum absolute atomic E-state index is 13.9. The molecule has 0 radical (unpaired) electrons. The number of carbonyl (C=O) groups excluding carboxylic acids is 5. The van der Waals surface area contributed by atoms with Crippen molar-refractivity contribution >= 4 is 29.5 Å². The molecule has 0 unspecified atom stereocenters. The lowest BCUT2D eigenvalue weighted by Gasteiger charge is -2.34. The monoisotopic (exact) mass is 721 g/mol. The Morgan fingerprint density at radius 3 is 1.81 bits per heavy atom. The molecule has 1 heterocycles. The average molecular weight is 722 g/mol. The molecule has 4 atom stereocenters. The van der Waals surface area contributed by atoms with Crippen LogP contribution in [-0.4, -0.2) is 116 Å². The minimum absolute atomic E-state index is 0.0328. The van der Waals surface area contributed by atoms with Crippen molar-refractivity contribution in [2.75, 3.05) is 52.4 Å². The van der Waals surface area contributed by atoms with E-state index in [-0.39, 0.29) is 30.7 Å². The Morgan fingerprint density at radius 2 is 1.23 bits per heavy atom. The van der Waals surface area contributed by atoms with Crippen LogP contribution in [0.15, 0.2) is 60.7 Å². The maximum atomic E-state index is 13.9. The van der Waals surface area contributed by atoms with Crippen LogP contribution in [0.3, 0.4) is 0 Å². The second-order valence-corrected chi connectivity index (χ2v) is 14.0. The molecule has 0 spiro atoms. The molecule has 0 bridgehead atoms. The third kappa shape index (κ3) is 15.5. The zero-order valence-electron chi connectivity index (χ0n) is 30.7. The van der Waals surface area contributed by atoms with Gasteiger partial charge in [0, 0.05) is 45.7 Å². The molecule has 3 rings (SSSR count). The van der Waals surface area contributed by atoms with Gasteiger partial charge in [-0.2, -0.15) is 0 Å². The van der Waals surface area contributed by atoms with Crippen molar-refractivity contribution in [3.8, 4) is 0 Å². The topological polar surface area (TPSA) is 218 Å².